The van der Waals surface area contributed by atoms with Gasteiger partial charge in [-0.1, -0.05) is 102 Å². The Bertz CT molecular complexity index is 1960. The van der Waals surface area contributed by atoms with E-state index in [0.29, 0.717) is 17.5 Å². The summed E-state index contributed by atoms with van der Waals surface area (Å²) in [5.74, 6) is 0.968. The molecule has 0 saturated carbocycles. The number of furan rings is 1. The number of hydrogen-bond donors (Lipinski definition) is 0. The maximum absolute atomic E-state index is 6.04. The van der Waals surface area contributed by atoms with Gasteiger partial charge in [0.05, 0.1) is 13.7 Å². The van der Waals surface area contributed by atoms with E-state index < -0.39 is 8.07 Å². The first-order valence-electron chi connectivity index (χ1n) is 16.4. The van der Waals surface area contributed by atoms with Crippen LogP contribution >= 0.6 is 0 Å². The van der Waals surface area contributed by atoms with Gasteiger partial charge in [-0.2, -0.15) is 0 Å². The van der Waals surface area contributed by atoms with Gasteiger partial charge in [-0.3, -0.25) is 0 Å². The standard InChI is InChI=1S/C21H30NSi.C20H17N2O.Ir/c1-8-21(3,4)16(2)18-14-19(17-12-10-9-11-13-17)22-15-20(18)23(5,6)7;1-12(2)14-9-10-21-18(11-14)17-6-4-5-15-16-8-7-13(3)22-20(16)23-19(15)17;/h9-12,14-16H,8H2,1-7H3;4-5,7-12H,1-3H3;/q2*-1;. The van der Waals surface area contributed by atoms with Crippen molar-refractivity contribution >= 4 is 35.3 Å². The van der Waals surface area contributed by atoms with E-state index in [1.807, 2.05) is 43.5 Å². The van der Waals surface area contributed by atoms with E-state index in [9.17, 15) is 0 Å². The topological polar surface area (TPSA) is 51.8 Å². The van der Waals surface area contributed by atoms with Gasteiger partial charge < -0.3 is 14.4 Å². The van der Waals surface area contributed by atoms with Crippen LogP contribution in [0.3, 0.4) is 0 Å². The largest absolute Gasteiger partial charge is 0.486 e. The van der Waals surface area contributed by atoms with E-state index in [1.165, 1.54) is 22.7 Å². The van der Waals surface area contributed by atoms with Crippen molar-refractivity contribution in [1.29, 1.82) is 0 Å². The number of rotatable bonds is 7. The fraction of sp³-hybridized carbons (Fsp3) is 0.341. The Morgan fingerprint density at radius 2 is 1.64 bits per heavy atom. The van der Waals surface area contributed by atoms with Crippen molar-refractivity contribution in [3.05, 3.63) is 108 Å². The zero-order valence-corrected chi connectivity index (χ0v) is 32.8. The van der Waals surface area contributed by atoms with Crippen molar-refractivity contribution < 1.29 is 24.5 Å². The monoisotopic (exact) mass is 818 g/mol. The maximum atomic E-state index is 6.04. The molecule has 0 aliphatic carbocycles. The number of aryl methyl sites for hydroxylation is 1. The minimum absolute atomic E-state index is 0. The third kappa shape index (κ3) is 8.00. The van der Waals surface area contributed by atoms with Crippen LogP contribution in [-0.4, -0.2) is 23.0 Å². The fourth-order valence-electron chi connectivity index (χ4n) is 5.73. The Labute approximate surface area is 295 Å². The summed E-state index contributed by atoms with van der Waals surface area (Å²) in [6.07, 6.45) is 5.16. The Balaban J connectivity index is 0.000000208. The van der Waals surface area contributed by atoms with E-state index in [2.05, 4.69) is 126 Å². The number of benzene rings is 2. The molecule has 0 amide bonds. The van der Waals surface area contributed by atoms with Gasteiger partial charge in [-0.15, -0.1) is 54.1 Å². The summed E-state index contributed by atoms with van der Waals surface area (Å²) in [4.78, 5) is 13.8. The molecule has 0 saturated heterocycles. The smallest absolute Gasteiger partial charge is 0.216 e. The summed E-state index contributed by atoms with van der Waals surface area (Å²) in [6.45, 7) is 23.0. The van der Waals surface area contributed by atoms with Crippen LogP contribution in [0.5, 0.6) is 0 Å². The summed E-state index contributed by atoms with van der Waals surface area (Å²) in [7, 11) is -1.43. The predicted molar refractivity (Wildman–Crippen MR) is 196 cm³/mol. The third-order valence-electron chi connectivity index (χ3n) is 9.42. The van der Waals surface area contributed by atoms with Crippen molar-refractivity contribution in [3.63, 3.8) is 0 Å². The third-order valence-corrected chi connectivity index (χ3v) is 11.5. The van der Waals surface area contributed by atoms with Crippen molar-refractivity contribution in [2.45, 2.75) is 86.4 Å². The van der Waals surface area contributed by atoms with Crippen LogP contribution in [-0.2, 0) is 20.1 Å². The molecule has 6 heteroatoms. The summed E-state index contributed by atoms with van der Waals surface area (Å²) in [5.41, 5.74) is 9.34. The van der Waals surface area contributed by atoms with Crippen molar-refractivity contribution in [1.82, 2.24) is 15.0 Å². The van der Waals surface area contributed by atoms with Crippen LogP contribution in [0.4, 0.5) is 0 Å². The minimum atomic E-state index is -1.43. The molecule has 247 valence electrons. The van der Waals surface area contributed by atoms with Crippen LogP contribution in [0.25, 0.3) is 44.6 Å². The maximum Gasteiger partial charge on any atom is 0.216 e. The van der Waals surface area contributed by atoms with E-state index in [-0.39, 0.29) is 25.5 Å². The predicted octanol–water partition coefficient (Wildman–Crippen LogP) is 10.9. The Kier molecular flexibility index (Phi) is 11.4. The van der Waals surface area contributed by atoms with Crippen LogP contribution < -0.4 is 5.19 Å². The SMILES string of the molecule is CCC(C)(C)C(C)c1cc(-c2[c-]cccc2)ncc1[Si](C)(C)C.Cc1ccc2c(n1)oc1c(-c3cc(C(C)C)ccn3)[c-]ccc12.[Ir]. The molecule has 1 unspecified atom stereocenters. The molecule has 1 atom stereocenters. The molecule has 2 aromatic carbocycles. The van der Waals surface area contributed by atoms with Crippen LogP contribution in [0.2, 0.25) is 19.6 Å². The van der Waals surface area contributed by atoms with Gasteiger partial charge in [0, 0.05) is 43.6 Å². The van der Waals surface area contributed by atoms with E-state index >= 15 is 0 Å². The first-order chi connectivity index (χ1) is 21.8. The van der Waals surface area contributed by atoms with Crippen LogP contribution in [0, 0.1) is 24.5 Å². The van der Waals surface area contributed by atoms with Gasteiger partial charge in [0.2, 0.25) is 5.71 Å². The molecular formula is C41H47IrN3OSi-2. The van der Waals surface area contributed by atoms with Crippen molar-refractivity contribution in [2.75, 3.05) is 0 Å². The number of nitrogens with zero attached hydrogens (tertiary/aromatic N) is 3. The van der Waals surface area contributed by atoms with Gasteiger partial charge in [-0.25, -0.2) is 4.98 Å². The molecule has 0 aliphatic rings. The molecule has 1 radical (unpaired) electrons. The second kappa shape index (κ2) is 14.8. The second-order valence-corrected chi connectivity index (χ2v) is 19.4. The Morgan fingerprint density at radius 3 is 2.30 bits per heavy atom. The van der Waals surface area contributed by atoms with Gasteiger partial charge in [0.1, 0.15) is 0 Å². The molecule has 4 aromatic heterocycles. The Morgan fingerprint density at radius 1 is 0.872 bits per heavy atom. The molecule has 0 spiro atoms. The van der Waals surface area contributed by atoms with Gasteiger partial charge in [-0.05, 0) is 58.9 Å². The van der Waals surface area contributed by atoms with Crippen molar-refractivity contribution in [3.8, 4) is 22.5 Å². The summed E-state index contributed by atoms with van der Waals surface area (Å²) >= 11 is 0. The van der Waals surface area contributed by atoms with Gasteiger partial charge >= 0.3 is 0 Å². The summed E-state index contributed by atoms with van der Waals surface area (Å²) < 4.78 is 6.04. The molecular weight excluding hydrogens is 771 g/mol. The minimum Gasteiger partial charge on any atom is -0.486 e. The van der Waals surface area contributed by atoms with Gasteiger partial charge in [0.15, 0.2) is 0 Å². The van der Waals surface area contributed by atoms with E-state index in [1.54, 1.807) is 0 Å². The van der Waals surface area contributed by atoms with Gasteiger partial charge in [0.25, 0.3) is 0 Å². The van der Waals surface area contributed by atoms with E-state index in [4.69, 9.17) is 9.40 Å². The molecule has 4 heterocycles. The average molecular weight is 818 g/mol. The Hall–Kier alpha value is -3.44. The molecule has 0 N–H and O–H groups in total. The van der Waals surface area contributed by atoms with Crippen LogP contribution in [0.15, 0.2) is 83.5 Å². The van der Waals surface area contributed by atoms with Crippen LogP contribution in [0.1, 0.15) is 76.6 Å². The average Bonchev–Trinajstić information content (AvgIpc) is 3.42. The summed E-state index contributed by atoms with van der Waals surface area (Å²) in [5, 5.41) is 3.57. The molecule has 6 rings (SSSR count). The number of pyridine rings is 3. The first-order valence-corrected chi connectivity index (χ1v) is 19.9. The van der Waals surface area contributed by atoms with Crippen molar-refractivity contribution in [2.24, 2.45) is 5.41 Å². The molecule has 0 aliphatic heterocycles. The normalized spacial score (nSPS) is 12.5. The molecule has 0 bridgehead atoms. The van der Waals surface area contributed by atoms with E-state index in [0.717, 1.165) is 44.6 Å². The molecule has 4 nitrogen and oxygen atoms in total. The molecule has 47 heavy (non-hydrogen) atoms. The number of fused-ring (bicyclic) bond motifs is 3. The molecule has 0 fully saturated rings. The fourth-order valence-corrected chi connectivity index (χ4v) is 7.34. The number of hydrogen-bond acceptors (Lipinski definition) is 4. The zero-order valence-electron chi connectivity index (χ0n) is 29.5. The zero-order chi connectivity index (χ0) is 33.2. The first kappa shape index (κ1) is 36.4. The number of aromatic nitrogens is 3. The molecule has 6 aromatic rings. The second-order valence-electron chi connectivity index (χ2n) is 14.4. The quantitative estimate of drug-likeness (QED) is 0.119. The summed E-state index contributed by atoms with van der Waals surface area (Å²) in [6, 6.07) is 29.2.